The van der Waals surface area contributed by atoms with E-state index in [2.05, 4.69) is 15.0 Å². The van der Waals surface area contributed by atoms with Crippen LogP contribution in [0, 0.1) is 20.8 Å². The topological polar surface area (TPSA) is 80.3 Å². The van der Waals surface area contributed by atoms with E-state index in [1.807, 2.05) is 45.0 Å². The summed E-state index contributed by atoms with van der Waals surface area (Å²) < 4.78 is 33.5. The zero-order chi connectivity index (χ0) is 20.3. The number of nitrogens with zero attached hydrogens (tertiary/aromatic N) is 1. The van der Waals surface area contributed by atoms with Crippen LogP contribution in [0.15, 0.2) is 59.6 Å². The molecule has 2 aromatic carbocycles. The van der Waals surface area contributed by atoms with Gasteiger partial charge in [-0.2, -0.15) is 0 Å². The number of benzene rings is 2. The van der Waals surface area contributed by atoms with E-state index in [4.69, 9.17) is 4.74 Å². The van der Waals surface area contributed by atoms with Crippen LogP contribution in [0.2, 0.25) is 0 Å². The number of methoxy groups -OCH3 is 1. The number of aryl methyl sites for hydroxylation is 3. The lowest BCUT2D eigenvalue weighted by molar-refractivity contribution is 0.402. The van der Waals surface area contributed by atoms with Gasteiger partial charge < -0.3 is 10.1 Å². The summed E-state index contributed by atoms with van der Waals surface area (Å²) in [6.07, 6.45) is 1.48. The molecule has 1 aromatic heterocycles. The smallest absolute Gasteiger partial charge is 0.265 e. The summed E-state index contributed by atoms with van der Waals surface area (Å²) in [4.78, 5) is 4.40. The van der Waals surface area contributed by atoms with Crippen LogP contribution in [0.25, 0.3) is 0 Å². The minimum Gasteiger partial charge on any atom is -0.495 e. The SMILES string of the molecule is COc1cc(C)c(C)cc1S(=O)(=O)Nc1ccc(Nc2ccccc2C)nc1. The van der Waals surface area contributed by atoms with E-state index in [-0.39, 0.29) is 4.90 Å². The van der Waals surface area contributed by atoms with Gasteiger partial charge in [-0.3, -0.25) is 4.72 Å². The Hall–Kier alpha value is -3.06. The van der Waals surface area contributed by atoms with Gasteiger partial charge in [0.2, 0.25) is 0 Å². The highest BCUT2D eigenvalue weighted by molar-refractivity contribution is 7.92. The lowest BCUT2D eigenvalue weighted by Crippen LogP contribution is -2.15. The molecule has 0 aliphatic heterocycles. The zero-order valence-corrected chi connectivity index (χ0v) is 17.1. The van der Waals surface area contributed by atoms with E-state index < -0.39 is 10.0 Å². The molecular formula is C21H23N3O3S. The Kier molecular flexibility index (Phi) is 5.56. The third-order valence-corrected chi connectivity index (χ3v) is 5.90. The second-order valence-corrected chi connectivity index (χ2v) is 8.22. The monoisotopic (exact) mass is 397 g/mol. The molecule has 0 fully saturated rings. The summed E-state index contributed by atoms with van der Waals surface area (Å²) >= 11 is 0. The molecular weight excluding hydrogens is 374 g/mol. The predicted molar refractivity (Wildman–Crippen MR) is 112 cm³/mol. The zero-order valence-electron chi connectivity index (χ0n) is 16.3. The van der Waals surface area contributed by atoms with E-state index in [1.54, 1.807) is 24.3 Å². The number of sulfonamides is 1. The summed E-state index contributed by atoms with van der Waals surface area (Å²) in [6.45, 7) is 5.77. The van der Waals surface area contributed by atoms with E-state index in [0.717, 1.165) is 22.4 Å². The number of ether oxygens (including phenoxy) is 1. The molecule has 7 heteroatoms. The summed E-state index contributed by atoms with van der Waals surface area (Å²) in [7, 11) is -2.35. The van der Waals surface area contributed by atoms with Crippen LogP contribution in [0.5, 0.6) is 5.75 Å². The van der Waals surface area contributed by atoms with Crippen molar-refractivity contribution in [1.29, 1.82) is 0 Å². The lowest BCUT2D eigenvalue weighted by Gasteiger charge is -2.14. The Morgan fingerprint density at radius 2 is 1.64 bits per heavy atom. The van der Waals surface area contributed by atoms with E-state index in [9.17, 15) is 8.42 Å². The van der Waals surface area contributed by atoms with Crippen molar-refractivity contribution >= 4 is 27.2 Å². The van der Waals surface area contributed by atoms with Crippen molar-refractivity contribution in [3.05, 3.63) is 71.4 Å². The first-order valence-corrected chi connectivity index (χ1v) is 10.3. The first-order valence-electron chi connectivity index (χ1n) is 8.77. The molecule has 146 valence electrons. The molecule has 28 heavy (non-hydrogen) atoms. The van der Waals surface area contributed by atoms with Crippen molar-refractivity contribution in [3.8, 4) is 5.75 Å². The Balaban J connectivity index is 1.82. The van der Waals surface area contributed by atoms with Gasteiger partial charge in [-0.15, -0.1) is 0 Å². The van der Waals surface area contributed by atoms with Gasteiger partial charge in [0, 0.05) is 5.69 Å². The minimum absolute atomic E-state index is 0.0974. The number of aromatic nitrogens is 1. The third kappa shape index (κ3) is 4.26. The molecule has 0 saturated carbocycles. The molecule has 0 unspecified atom stereocenters. The number of pyridine rings is 1. The van der Waals surface area contributed by atoms with E-state index in [0.29, 0.717) is 17.3 Å². The quantitative estimate of drug-likeness (QED) is 0.637. The molecule has 0 aliphatic carbocycles. The first kappa shape index (κ1) is 19.7. The van der Waals surface area contributed by atoms with Gasteiger partial charge in [0.25, 0.3) is 10.0 Å². The number of para-hydroxylation sites is 1. The maximum absolute atomic E-state index is 12.8. The van der Waals surface area contributed by atoms with Gasteiger partial charge in [-0.1, -0.05) is 18.2 Å². The number of anilines is 3. The normalized spacial score (nSPS) is 11.1. The molecule has 0 bridgehead atoms. The highest BCUT2D eigenvalue weighted by Gasteiger charge is 2.21. The number of nitrogens with one attached hydrogen (secondary N) is 2. The van der Waals surface area contributed by atoms with Crippen LogP contribution in [-0.4, -0.2) is 20.5 Å². The standard InChI is InChI=1S/C21H23N3O3S/c1-14-7-5-6-8-18(14)23-21-10-9-17(13-22-21)24-28(25,26)20-12-16(3)15(2)11-19(20)27-4/h5-13,24H,1-4H3,(H,22,23). The van der Waals surface area contributed by atoms with Gasteiger partial charge in [0.1, 0.15) is 16.5 Å². The fourth-order valence-electron chi connectivity index (χ4n) is 2.72. The van der Waals surface area contributed by atoms with Crippen molar-refractivity contribution in [1.82, 2.24) is 4.98 Å². The number of hydrogen-bond donors (Lipinski definition) is 2. The third-order valence-electron chi connectivity index (χ3n) is 4.49. The molecule has 0 radical (unpaired) electrons. The van der Waals surface area contributed by atoms with Crippen LogP contribution < -0.4 is 14.8 Å². The van der Waals surface area contributed by atoms with Crippen LogP contribution in [0.4, 0.5) is 17.2 Å². The molecule has 3 rings (SSSR count). The Morgan fingerprint density at radius 3 is 2.29 bits per heavy atom. The molecule has 1 heterocycles. The number of rotatable bonds is 6. The first-order chi connectivity index (χ1) is 13.3. The van der Waals surface area contributed by atoms with Gasteiger partial charge >= 0.3 is 0 Å². The molecule has 0 atom stereocenters. The Morgan fingerprint density at radius 1 is 0.929 bits per heavy atom. The maximum Gasteiger partial charge on any atom is 0.265 e. The second kappa shape index (κ2) is 7.90. The van der Waals surface area contributed by atoms with Crippen molar-refractivity contribution in [2.45, 2.75) is 25.7 Å². The molecule has 3 aromatic rings. The molecule has 0 saturated heterocycles. The molecule has 0 amide bonds. The van der Waals surface area contributed by atoms with Gasteiger partial charge in [-0.25, -0.2) is 13.4 Å². The van der Waals surface area contributed by atoms with Crippen LogP contribution in [0.1, 0.15) is 16.7 Å². The van der Waals surface area contributed by atoms with Crippen LogP contribution in [-0.2, 0) is 10.0 Å². The Bertz CT molecular complexity index is 1090. The molecule has 6 nitrogen and oxygen atoms in total. The highest BCUT2D eigenvalue weighted by atomic mass is 32.2. The largest absolute Gasteiger partial charge is 0.495 e. The van der Waals surface area contributed by atoms with Crippen molar-refractivity contribution in [3.63, 3.8) is 0 Å². The summed E-state index contributed by atoms with van der Waals surface area (Å²) in [5, 5.41) is 3.22. The van der Waals surface area contributed by atoms with E-state index in [1.165, 1.54) is 13.3 Å². The van der Waals surface area contributed by atoms with Crippen molar-refractivity contribution < 1.29 is 13.2 Å². The summed E-state index contributed by atoms with van der Waals surface area (Å²) in [5.74, 6) is 0.933. The lowest BCUT2D eigenvalue weighted by atomic mass is 10.1. The van der Waals surface area contributed by atoms with Crippen molar-refractivity contribution in [2.75, 3.05) is 17.1 Å². The average Bonchev–Trinajstić information content (AvgIpc) is 2.66. The molecule has 0 spiro atoms. The van der Waals surface area contributed by atoms with Gasteiger partial charge in [0.05, 0.1) is 19.0 Å². The minimum atomic E-state index is -3.81. The van der Waals surface area contributed by atoms with Gasteiger partial charge in [0.15, 0.2) is 0 Å². The fraction of sp³-hybridized carbons (Fsp3) is 0.190. The average molecular weight is 398 g/mol. The fourth-order valence-corrected chi connectivity index (χ4v) is 4.00. The predicted octanol–water partition coefficient (Wildman–Crippen LogP) is 4.56. The van der Waals surface area contributed by atoms with Crippen LogP contribution in [0.3, 0.4) is 0 Å². The van der Waals surface area contributed by atoms with Crippen molar-refractivity contribution in [2.24, 2.45) is 0 Å². The molecule has 2 N–H and O–H groups in total. The maximum atomic E-state index is 12.8. The van der Waals surface area contributed by atoms with E-state index >= 15 is 0 Å². The Labute approximate surface area is 165 Å². The van der Waals surface area contributed by atoms with Gasteiger partial charge in [-0.05, 0) is 67.8 Å². The second-order valence-electron chi connectivity index (χ2n) is 6.56. The summed E-state index contributed by atoms with van der Waals surface area (Å²) in [6, 6.07) is 14.6. The highest BCUT2D eigenvalue weighted by Crippen LogP contribution is 2.29. The number of hydrogen-bond acceptors (Lipinski definition) is 5. The molecule has 0 aliphatic rings. The van der Waals surface area contributed by atoms with Crippen LogP contribution >= 0.6 is 0 Å². The summed E-state index contributed by atoms with van der Waals surface area (Å²) in [5.41, 5.74) is 4.25.